The number of hydrogen-bond donors (Lipinski definition) is 1. The summed E-state index contributed by atoms with van der Waals surface area (Å²) in [6.45, 7) is 4.18. The topological polar surface area (TPSA) is 84.9 Å². The Balaban J connectivity index is 1.44. The zero-order valence-electron chi connectivity index (χ0n) is 19.4. The Morgan fingerprint density at radius 1 is 0.857 bits per heavy atom. The summed E-state index contributed by atoms with van der Waals surface area (Å²) in [7, 11) is 1.52. The first-order chi connectivity index (χ1) is 16.8. The molecule has 1 aliphatic heterocycles. The molecule has 1 aliphatic rings. The van der Waals surface area contributed by atoms with E-state index in [4.69, 9.17) is 21.1 Å². The Labute approximate surface area is 207 Å². The Morgan fingerprint density at radius 3 is 2.03 bits per heavy atom. The molecule has 0 aromatic heterocycles. The van der Waals surface area contributed by atoms with Gasteiger partial charge in [-0.15, -0.1) is 0 Å². The van der Waals surface area contributed by atoms with E-state index in [1.807, 2.05) is 12.1 Å². The van der Waals surface area contributed by atoms with Crippen LogP contribution in [0.1, 0.15) is 35.7 Å². The summed E-state index contributed by atoms with van der Waals surface area (Å²) in [4.78, 5) is 39.0. The second-order valence-electron chi connectivity index (χ2n) is 8.15. The smallest absolute Gasteiger partial charge is 0.343 e. The van der Waals surface area contributed by atoms with E-state index in [0.717, 1.165) is 10.5 Å². The molecule has 1 N–H and O–H groups in total. The molecule has 8 heteroatoms. The lowest BCUT2D eigenvalue weighted by molar-refractivity contribution is -0.120. The standard InChI is InChI=1S/C27H23ClN2O5/c1-16(2)17-6-12-22(13-7-17)35-27(33)18-4-8-19(9-5-18)29-24-23(28)25(31)30(26(24)32)20-10-14-21(34-3)15-11-20/h4-16,29H,1-3H3. The molecule has 0 aliphatic carbocycles. The average Bonchev–Trinajstić information content (AvgIpc) is 3.07. The molecule has 0 radical (unpaired) electrons. The molecule has 4 rings (SSSR count). The number of nitrogens with zero attached hydrogens (tertiary/aromatic N) is 1. The number of ether oxygens (including phenoxy) is 2. The normalized spacial score (nSPS) is 13.5. The third kappa shape index (κ3) is 5.05. The summed E-state index contributed by atoms with van der Waals surface area (Å²) in [5.74, 6) is -0.298. The number of methoxy groups -OCH3 is 1. The summed E-state index contributed by atoms with van der Waals surface area (Å²) in [6.07, 6.45) is 0. The summed E-state index contributed by atoms with van der Waals surface area (Å²) in [5.41, 5.74) is 2.29. The van der Waals surface area contributed by atoms with Crippen LogP contribution in [0.2, 0.25) is 0 Å². The van der Waals surface area contributed by atoms with Crippen LogP contribution in [0.4, 0.5) is 11.4 Å². The maximum absolute atomic E-state index is 12.9. The van der Waals surface area contributed by atoms with Gasteiger partial charge in [0.2, 0.25) is 0 Å². The molecule has 1 heterocycles. The zero-order chi connectivity index (χ0) is 25.1. The van der Waals surface area contributed by atoms with Gasteiger partial charge in [-0.3, -0.25) is 9.59 Å². The van der Waals surface area contributed by atoms with Crippen LogP contribution in [0.25, 0.3) is 0 Å². The van der Waals surface area contributed by atoms with Crippen LogP contribution in [-0.4, -0.2) is 24.9 Å². The largest absolute Gasteiger partial charge is 0.497 e. The predicted octanol–water partition coefficient (Wildman–Crippen LogP) is 5.47. The van der Waals surface area contributed by atoms with Gasteiger partial charge in [-0.05, 0) is 72.1 Å². The minimum atomic E-state index is -0.631. The maximum atomic E-state index is 12.9. The fourth-order valence-electron chi connectivity index (χ4n) is 3.50. The zero-order valence-corrected chi connectivity index (χ0v) is 20.1. The molecule has 2 amide bonds. The highest BCUT2D eigenvalue weighted by atomic mass is 35.5. The summed E-state index contributed by atoms with van der Waals surface area (Å²) >= 11 is 6.19. The second kappa shape index (κ2) is 10.0. The van der Waals surface area contributed by atoms with Gasteiger partial charge in [0.05, 0.1) is 18.4 Å². The summed E-state index contributed by atoms with van der Waals surface area (Å²) in [5, 5.41) is 2.66. The van der Waals surface area contributed by atoms with E-state index in [-0.39, 0.29) is 10.7 Å². The molecule has 178 valence electrons. The molecule has 0 bridgehead atoms. The molecule has 7 nitrogen and oxygen atoms in total. The Bertz CT molecular complexity index is 1300. The molecule has 0 saturated carbocycles. The van der Waals surface area contributed by atoms with Gasteiger partial charge in [-0.2, -0.15) is 0 Å². The lowest BCUT2D eigenvalue weighted by atomic mass is 10.0. The monoisotopic (exact) mass is 490 g/mol. The SMILES string of the molecule is COc1ccc(N2C(=O)C(Cl)=C(Nc3ccc(C(=O)Oc4ccc(C(C)C)cc4)cc3)C2=O)cc1. The van der Waals surface area contributed by atoms with Gasteiger partial charge in [0, 0.05) is 5.69 Å². The van der Waals surface area contributed by atoms with Crippen molar-refractivity contribution < 1.29 is 23.9 Å². The fraction of sp³-hybridized carbons (Fsp3) is 0.148. The molecule has 3 aromatic rings. The minimum absolute atomic E-state index is 0.0481. The van der Waals surface area contributed by atoms with E-state index in [1.165, 1.54) is 7.11 Å². The number of hydrogen-bond acceptors (Lipinski definition) is 6. The van der Waals surface area contributed by atoms with E-state index in [2.05, 4.69) is 19.2 Å². The number of halogens is 1. The van der Waals surface area contributed by atoms with Gasteiger partial charge in [0.25, 0.3) is 11.8 Å². The van der Waals surface area contributed by atoms with Crippen molar-refractivity contribution in [1.82, 2.24) is 0 Å². The number of carbonyl (C=O) groups is 3. The number of benzene rings is 3. The predicted molar refractivity (Wildman–Crippen MR) is 134 cm³/mol. The van der Waals surface area contributed by atoms with E-state index in [1.54, 1.807) is 60.7 Å². The van der Waals surface area contributed by atoms with Crippen LogP contribution >= 0.6 is 11.6 Å². The molecule has 0 unspecified atom stereocenters. The van der Waals surface area contributed by atoms with Crippen molar-refractivity contribution in [3.63, 3.8) is 0 Å². The van der Waals surface area contributed by atoms with E-state index >= 15 is 0 Å². The summed E-state index contributed by atoms with van der Waals surface area (Å²) < 4.78 is 10.5. The number of imide groups is 1. The molecule has 0 saturated heterocycles. The number of nitrogens with one attached hydrogen (secondary N) is 1. The van der Waals surface area contributed by atoms with Crippen molar-refractivity contribution in [3.05, 3.63) is 94.7 Å². The molecular formula is C27H23ClN2O5. The first-order valence-corrected chi connectivity index (χ1v) is 11.3. The van der Waals surface area contributed by atoms with E-state index < -0.39 is 17.8 Å². The van der Waals surface area contributed by atoms with Crippen molar-refractivity contribution in [2.45, 2.75) is 19.8 Å². The summed E-state index contributed by atoms with van der Waals surface area (Å²) in [6, 6.07) is 20.2. The Morgan fingerprint density at radius 2 is 1.46 bits per heavy atom. The van der Waals surface area contributed by atoms with E-state index in [9.17, 15) is 14.4 Å². The number of esters is 1. The van der Waals surface area contributed by atoms with Gasteiger partial charge >= 0.3 is 5.97 Å². The highest BCUT2D eigenvalue weighted by Gasteiger charge is 2.39. The van der Waals surface area contributed by atoms with Crippen LogP contribution in [-0.2, 0) is 9.59 Å². The van der Waals surface area contributed by atoms with Crippen molar-refractivity contribution in [3.8, 4) is 11.5 Å². The van der Waals surface area contributed by atoms with Gasteiger partial charge in [-0.25, -0.2) is 9.69 Å². The number of anilines is 2. The molecule has 35 heavy (non-hydrogen) atoms. The van der Waals surface area contributed by atoms with Crippen molar-refractivity contribution in [2.75, 3.05) is 17.3 Å². The maximum Gasteiger partial charge on any atom is 0.343 e. The Kier molecular flexibility index (Phi) is 6.89. The van der Waals surface area contributed by atoms with Gasteiger partial charge < -0.3 is 14.8 Å². The molecule has 0 atom stereocenters. The first kappa shape index (κ1) is 24.0. The highest BCUT2D eigenvalue weighted by Crippen LogP contribution is 2.31. The van der Waals surface area contributed by atoms with Crippen molar-refractivity contribution in [2.24, 2.45) is 0 Å². The van der Waals surface area contributed by atoms with Crippen LogP contribution in [0, 0.1) is 0 Å². The molecule has 3 aromatic carbocycles. The van der Waals surface area contributed by atoms with Crippen LogP contribution < -0.4 is 19.7 Å². The van der Waals surface area contributed by atoms with Gasteiger partial charge in [0.1, 0.15) is 22.2 Å². The molecular weight excluding hydrogens is 468 g/mol. The highest BCUT2D eigenvalue weighted by molar-refractivity contribution is 6.53. The lowest BCUT2D eigenvalue weighted by Crippen LogP contribution is -2.32. The van der Waals surface area contributed by atoms with Crippen LogP contribution in [0.15, 0.2) is 83.5 Å². The Hall–Kier alpha value is -4.10. The lowest BCUT2D eigenvalue weighted by Gasteiger charge is -2.15. The quantitative estimate of drug-likeness (QED) is 0.268. The van der Waals surface area contributed by atoms with Crippen molar-refractivity contribution in [1.29, 1.82) is 0 Å². The minimum Gasteiger partial charge on any atom is -0.497 e. The fourth-order valence-corrected chi connectivity index (χ4v) is 3.71. The van der Waals surface area contributed by atoms with Gasteiger partial charge in [0.15, 0.2) is 0 Å². The van der Waals surface area contributed by atoms with Crippen LogP contribution in [0.3, 0.4) is 0 Å². The number of amides is 2. The van der Waals surface area contributed by atoms with Crippen molar-refractivity contribution >= 4 is 40.8 Å². The van der Waals surface area contributed by atoms with Gasteiger partial charge in [-0.1, -0.05) is 37.6 Å². The third-order valence-corrected chi connectivity index (χ3v) is 5.86. The van der Waals surface area contributed by atoms with Crippen LogP contribution in [0.5, 0.6) is 11.5 Å². The first-order valence-electron chi connectivity index (χ1n) is 10.9. The number of carbonyl (C=O) groups excluding carboxylic acids is 3. The second-order valence-corrected chi connectivity index (χ2v) is 8.53. The number of rotatable bonds is 7. The molecule has 0 fully saturated rings. The average molecular weight is 491 g/mol. The van der Waals surface area contributed by atoms with E-state index in [0.29, 0.717) is 34.4 Å². The molecule has 0 spiro atoms. The third-order valence-electron chi connectivity index (χ3n) is 5.51.